The zero-order chi connectivity index (χ0) is 42.9. The van der Waals surface area contributed by atoms with Crippen molar-refractivity contribution in [3.8, 4) is 11.3 Å². The van der Waals surface area contributed by atoms with Crippen molar-refractivity contribution in [1.82, 2.24) is 20.2 Å². The van der Waals surface area contributed by atoms with E-state index in [0.717, 1.165) is 68.9 Å². The Labute approximate surface area is 353 Å². The average Bonchev–Trinajstić information content (AvgIpc) is 3.28. The van der Waals surface area contributed by atoms with Gasteiger partial charge in [0.05, 0.1) is 6.20 Å². The molecular formula is C46H64F2N8O4. The van der Waals surface area contributed by atoms with Gasteiger partial charge in [-0.15, -0.1) is 0 Å². The van der Waals surface area contributed by atoms with E-state index in [-0.39, 0.29) is 41.6 Å². The second-order valence-corrected chi connectivity index (χ2v) is 16.0. The second-order valence-electron chi connectivity index (χ2n) is 16.0. The summed E-state index contributed by atoms with van der Waals surface area (Å²) >= 11 is 0. The Morgan fingerprint density at radius 1 is 0.783 bits per heavy atom. The van der Waals surface area contributed by atoms with Gasteiger partial charge in [0.2, 0.25) is 30.1 Å². The Balaban J connectivity index is 0.000000206. The largest absolute Gasteiger partial charge is 0.374 e. The van der Waals surface area contributed by atoms with Gasteiger partial charge in [0.15, 0.2) is 5.82 Å². The topological polar surface area (TPSA) is 163 Å². The Morgan fingerprint density at radius 3 is 2.15 bits per heavy atom. The predicted molar refractivity (Wildman–Crippen MR) is 232 cm³/mol. The number of amides is 4. The molecule has 1 aromatic heterocycles. The fourth-order valence-electron chi connectivity index (χ4n) is 8.97. The molecule has 8 rings (SSSR count). The van der Waals surface area contributed by atoms with Crippen molar-refractivity contribution in [3.63, 3.8) is 0 Å². The van der Waals surface area contributed by atoms with Gasteiger partial charge >= 0.3 is 0 Å². The van der Waals surface area contributed by atoms with Crippen LogP contribution in [0.15, 0.2) is 48.7 Å². The number of carbonyl (C=O) groups excluding carboxylic acids is 4. The number of piperidine rings is 3. The quantitative estimate of drug-likeness (QED) is 0.129. The van der Waals surface area contributed by atoms with Crippen LogP contribution in [0.4, 0.5) is 26.1 Å². The highest BCUT2D eigenvalue weighted by Gasteiger charge is 2.30. The molecule has 326 valence electrons. The van der Waals surface area contributed by atoms with E-state index in [4.69, 9.17) is 4.79 Å². The van der Waals surface area contributed by atoms with Gasteiger partial charge in [0.25, 0.3) is 0 Å². The molecule has 3 aromatic rings. The monoisotopic (exact) mass is 831 g/mol. The first-order valence-corrected chi connectivity index (χ1v) is 22.2. The van der Waals surface area contributed by atoms with Gasteiger partial charge in [0.1, 0.15) is 17.6 Å². The summed E-state index contributed by atoms with van der Waals surface area (Å²) in [4.78, 5) is 56.9. The lowest BCUT2D eigenvalue weighted by molar-refractivity contribution is -0.133. The first-order valence-electron chi connectivity index (χ1n) is 22.2. The molecule has 0 bridgehead atoms. The number of nitrogens with two attached hydrogens (primary N) is 1. The lowest BCUT2D eigenvalue weighted by Crippen LogP contribution is -2.47. The highest BCUT2D eigenvalue weighted by molar-refractivity contribution is 6.01. The number of nitrogens with zero attached hydrogens (tertiary/aromatic N) is 4. The number of anilines is 3. The zero-order valence-corrected chi connectivity index (χ0v) is 35.4. The maximum atomic E-state index is 14.8. The molecule has 5 N–H and O–H groups in total. The Bertz CT molecular complexity index is 1860. The van der Waals surface area contributed by atoms with Crippen LogP contribution >= 0.6 is 0 Å². The van der Waals surface area contributed by atoms with Crippen LogP contribution in [0.3, 0.4) is 0 Å². The van der Waals surface area contributed by atoms with E-state index in [2.05, 4.69) is 36.6 Å². The molecule has 0 spiro atoms. The highest BCUT2D eigenvalue weighted by Crippen LogP contribution is 2.34. The number of carbonyl (C=O) groups is 4. The van der Waals surface area contributed by atoms with E-state index in [1.54, 1.807) is 4.90 Å². The van der Waals surface area contributed by atoms with Crippen LogP contribution < -0.4 is 26.6 Å². The molecule has 4 amide bonds. The maximum Gasteiger partial charge on any atom is 0.249 e. The molecule has 5 aliphatic rings. The highest BCUT2D eigenvalue weighted by atomic mass is 19.1. The SMILES string of the molecule is CC.NC=O.O=C1CCC(Nc2ccc(C3CCN(C4CCCCC4)CC3)c(F)c2)C(=O)N1.O=C1CCCCN1c1cccc(-c2nc(NC3CCCCC3)ncc2F)c1. The molecule has 4 heterocycles. The van der Waals surface area contributed by atoms with Crippen molar-refractivity contribution in [2.24, 2.45) is 5.73 Å². The van der Waals surface area contributed by atoms with Crippen LogP contribution in [-0.2, 0) is 19.2 Å². The van der Waals surface area contributed by atoms with Gasteiger partial charge in [-0.05, 0) is 107 Å². The summed E-state index contributed by atoms with van der Waals surface area (Å²) in [6, 6.07) is 13.2. The van der Waals surface area contributed by atoms with E-state index in [1.807, 2.05) is 50.2 Å². The fourth-order valence-corrected chi connectivity index (χ4v) is 8.97. The van der Waals surface area contributed by atoms with Crippen molar-refractivity contribution in [3.05, 3.63) is 65.9 Å². The molecule has 2 saturated carbocycles. The van der Waals surface area contributed by atoms with Gasteiger partial charge < -0.3 is 26.2 Å². The molecule has 1 atom stereocenters. The van der Waals surface area contributed by atoms with Crippen LogP contribution in [-0.4, -0.2) is 76.8 Å². The molecule has 5 fully saturated rings. The molecule has 60 heavy (non-hydrogen) atoms. The van der Waals surface area contributed by atoms with E-state index >= 15 is 0 Å². The van der Waals surface area contributed by atoms with Crippen LogP contribution in [0.5, 0.6) is 0 Å². The number of imide groups is 1. The third-order valence-electron chi connectivity index (χ3n) is 12.1. The van der Waals surface area contributed by atoms with Crippen molar-refractivity contribution < 1.29 is 28.0 Å². The molecule has 12 nitrogen and oxygen atoms in total. The summed E-state index contributed by atoms with van der Waals surface area (Å²) in [7, 11) is 0. The average molecular weight is 831 g/mol. The standard InChI is InChI=1S/C22H30FN3O2.C21H25FN4O.C2H6.CH3NO/c23-19-14-16(24-20-8-9-21(27)25-22(20)28)6-7-18(19)15-10-12-26(13-11-15)17-4-2-1-3-5-17;22-18-14-23-21(24-16-8-2-1-3-9-16)25-20(18)15-7-6-10-17(13-15)26-12-5-4-11-19(26)27;1-2;2-1-3/h6-7,14-15,17,20,24H,1-5,8-13H2,(H,25,27,28);6-7,10,13-14,16H,1-5,8-9,11-12H2,(H,23,24,25);1-2H3;1H,(H2,2,3). The van der Waals surface area contributed by atoms with Gasteiger partial charge in [-0.25, -0.2) is 18.7 Å². The summed E-state index contributed by atoms with van der Waals surface area (Å²) in [5.41, 5.74) is 7.29. The number of hydrogen-bond donors (Lipinski definition) is 4. The minimum atomic E-state index is -0.485. The van der Waals surface area contributed by atoms with Gasteiger partial charge in [0, 0.05) is 48.4 Å². The van der Waals surface area contributed by atoms with Gasteiger partial charge in [-0.3, -0.25) is 24.5 Å². The number of rotatable bonds is 8. The number of halogens is 2. The number of likely N-dealkylation sites (tertiary alicyclic amines) is 1. The van der Waals surface area contributed by atoms with Gasteiger partial charge in [-0.2, -0.15) is 0 Å². The summed E-state index contributed by atoms with van der Waals surface area (Å²) in [5, 5.41) is 8.73. The van der Waals surface area contributed by atoms with Gasteiger partial charge in [-0.1, -0.05) is 70.6 Å². The van der Waals surface area contributed by atoms with Crippen LogP contribution in [0.2, 0.25) is 0 Å². The first-order chi connectivity index (χ1) is 29.2. The maximum absolute atomic E-state index is 14.8. The smallest absolute Gasteiger partial charge is 0.249 e. The summed E-state index contributed by atoms with van der Waals surface area (Å²) in [5.74, 6) is -0.372. The molecule has 2 aromatic carbocycles. The minimum absolute atomic E-state index is 0.126. The predicted octanol–water partition coefficient (Wildman–Crippen LogP) is 8.23. The molecule has 3 aliphatic heterocycles. The van der Waals surface area contributed by atoms with E-state index in [1.165, 1.54) is 63.6 Å². The number of nitrogens with one attached hydrogen (secondary N) is 3. The van der Waals surface area contributed by atoms with Crippen LogP contribution in [0.1, 0.15) is 134 Å². The summed E-state index contributed by atoms with van der Waals surface area (Å²) in [6.45, 7) is 6.83. The van der Waals surface area contributed by atoms with Crippen molar-refractivity contribution in [1.29, 1.82) is 0 Å². The summed E-state index contributed by atoms with van der Waals surface area (Å²) in [6.07, 6.45) is 19.3. The molecule has 3 saturated heterocycles. The second kappa shape index (κ2) is 23.7. The molecule has 1 unspecified atom stereocenters. The summed E-state index contributed by atoms with van der Waals surface area (Å²) < 4.78 is 29.2. The van der Waals surface area contributed by atoms with Crippen LogP contribution in [0, 0.1) is 11.6 Å². The molecule has 14 heteroatoms. The third kappa shape index (κ3) is 13.0. The number of primary amides is 1. The van der Waals surface area contributed by atoms with Crippen LogP contribution in [0.25, 0.3) is 11.3 Å². The lowest BCUT2D eigenvalue weighted by atomic mass is 9.86. The minimum Gasteiger partial charge on any atom is -0.374 e. The Hall–Kier alpha value is -4.98. The Morgan fingerprint density at radius 2 is 1.48 bits per heavy atom. The normalized spacial score (nSPS) is 20.6. The number of hydrogen-bond acceptors (Lipinski definition) is 9. The van der Waals surface area contributed by atoms with E-state index < -0.39 is 11.9 Å². The first kappa shape index (κ1) is 46.1. The van der Waals surface area contributed by atoms with Crippen molar-refractivity contribution in [2.75, 3.05) is 35.2 Å². The van der Waals surface area contributed by atoms with E-state index in [9.17, 15) is 23.2 Å². The van der Waals surface area contributed by atoms with Crippen molar-refractivity contribution in [2.45, 2.75) is 147 Å². The molecule has 0 radical (unpaired) electrons. The molecular weight excluding hydrogens is 767 g/mol. The zero-order valence-electron chi connectivity index (χ0n) is 35.4. The fraction of sp³-hybridized carbons (Fsp3) is 0.565. The number of aromatic nitrogens is 2. The number of benzene rings is 2. The third-order valence-corrected chi connectivity index (χ3v) is 12.1. The Kier molecular flexibility index (Phi) is 18.2. The van der Waals surface area contributed by atoms with Crippen molar-refractivity contribution >= 4 is 41.5 Å². The molecule has 2 aliphatic carbocycles. The van der Waals surface area contributed by atoms with E-state index in [0.29, 0.717) is 49.0 Å². The lowest BCUT2D eigenvalue weighted by Gasteiger charge is -2.39.